The number of nitrogens with one attached hydrogen (secondary N) is 2. The van der Waals surface area contributed by atoms with Crippen LogP contribution < -0.4 is 10.7 Å². The second-order valence-electron chi connectivity index (χ2n) is 8.57. The molecule has 0 spiro atoms. The summed E-state index contributed by atoms with van der Waals surface area (Å²) in [5, 5.41) is 8.66. The van der Waals surface area contributed by atoms with E-state index in [2.05, 4.69) is 41.8 Å². The molecule has 0 aliphatic heterocycles. The molecule has 4 rings (SSSR count). The van der Waals surface area contributed by atoms with Crippen LogP contribution in [-0.2, 0) is 0 Å². The number of thiazole rings is 1. The monoisotopic (exact) mass is 468 g/mol. The Morgan fingerprint density at radius 2 is 1.53 bits per heavy atom. The molecule has 1 heterocycles. The fourth-order valence-corrected chi connectivity index (χ4v) is 4.20. The van der Waals surface area contributed by atoms with Crippen LogP contribution in [0.1, 0.15) is 52.4 Å². The van der Waals surface area contributed by atoms with Gasteiger partial charge in [-0.2, -0.15) is 5.10 Å². The maximum atomic E-state index is 12.9. The Balaban J connectivity index is 1.56. The Morgan fingerprint density at radius 3 is 2.15 bits per heavy atom. The summed E-state index contributed by atoms with van der Waals surface area (Å²) >= 11 is 1.36. The van der Waals surface area contributed by atoms with Crippen molar-refractivity contribution in [1.29, 1.82) is 0 Å². The molecule has 0 aliphatic carbocycles. The predicted molar refractivity (Wildman–Crippen MR) is 143 cm³/mol. The van der Waals surface area contributed by atoms with E-state index in [9.17, 15) is 4.79 Å². The van der Waals surface area contributed by atoms with E-state index in [0.29, 0.717) is 27.3 Å². The lowest BCUT2D eigenvalue weighted by molar-refractivity contribution is 0.102. The number of carbonyl (C=O) groups is 1. The first kappa shape index (κ1) is 23.4. The topological polar surface area (TPSA) is 66.4 Å². The van der Waals surface area contributed by atoms with Gasteiger partial charge in [-0.15, -0.1) is 0 Å². The molecule has 1 amide bonds. The molecule has 0 radical (unpaired) electrons. The number of amides is 1. The molecular weight excluding hydrogens is 440 g/mol. The summed E-state index contributed by atoms with van der Waals surface area (Å²) < 4.78 is 0. The molecule has 1 aromatic heterocycles. The van der Waals surface area contributed by atoms with Gasteiger partial charge in [-0.3, -0.25) is 10.2 Å². The van der Waals surface area contributed by atoms with Gasteiger partial charge in [-0.25, -0.2) is 4.98 Å². The minimum absolute atomic E-state index is 0.169. The maximum absolute atomic E-state index is 12.9. The molecular formula is C28H28N4OS. The third-order valence-corrected chi connectivity index (χ3v) is 6.35. The predicted octanol–water partition coefficient (Wildman–Crippen LogP) is 7.25. The van der Waals surface area contributed by atoms with E-state index in [1.807, 2.05) is 74.5 Å². The van der Waals surface area contributed by atoms with Gasteiger partial charge in [0.25, 0.3) is 5.91 Å². The Labute approximate surface area is 204 Å². The zero-order valence-corrected chi connectivity index (χ0v) is 20.6. The van der Waals surface area contributed by atoms with Crippen molar-refractivity contribution in [1.82, 2.24) is 4.98 Å². The van der Waals surface area contributed by atoms with Gasteiger partial charge >= 0.3 is 0 Å². The summed E-state index contributed by atoms with van der Waals surface area (Å²) in [4.78, 5) is 17.6. The zero-order valence-electron chi connectivity index (χ0n) is 19.8. The van der Waals surface area contributed by atoms with Crippen molar-refractivity contribution in [2.45, 2.75) is 33.6 Å². The molecule has 0 saturated heterocycles. The number of nitrogens with zero attached hydrogens (tertiary/aromatic N) is 2. The van der Waals surface area contributed by atoms with E-state index >= 15 is 0 Å². The molecule has 0 unspecified atom stereocenters. The Morgan fingerprint density at radius 1 is 0.912 bits per heavy atom. The van der Waals surface area contributed by atoms with Gasteiger partial charge in [0.2, 0.25) is 5.13 Å². The summed E-state index contributed by atoms with van der Waals surface area (Å²) in [6, 6.07) is 23.9. The molecule has 34 heavy (non-hydrogen) atoms. The van der Waals surface area contributed by atoms with Crippen LogP contribution in [0.5, 0.6) is 0 Å². The minimum atomic E-state index is -0.169. The van der Waals surface area contributed by atoms with Crippen molar-refractivity contribution in [2.24, 2.45) is 5.10 Å². The van der Waals surface area contributed by atoms with E-state index in [1.54, 1.807) is 6.21 Å². The van der Waals surface area contributed by atoms with E-state index in [4.69, 9.17) is 4.98 Å². The van der Waals surface area contributed by atoms with Crippen molar-refractivity contribution >= 4 is 33.6 Å². The number of carbonyl (C=O) groups excluding carboxylic acids is 1. The molecule has 172 valence electrons. The van der Waals surface area contributed by atoms with Crippen LogP contribution in [0.25, 0.3) is 11.3 Å². The quantitative estimate of drug-likeness (QED) is 0.222. The van der Waals surface area contributed by atoms with Crippen LogP contribution in [-0.4, -0.2) is 17.1 Å². The normalized spacial score (nSPS) is 11.2. The SMILES string of the molecule is Cc1ccc(C(=O)Nc2sc(N/N=C/c3ccc(C(C)C)cc3)nc2-c2ccc(C)cc2)cc1. The highest BCUT2D eigenvalue weighted by Gasteiger charge is 2.16. The largest absolute Gasteiger partial charge is 0.312 e. The lowest BCUT2D eigenvalue weighted by Crippen LogP contribution is -2.11. The summed E-state index contributed by atoms with van der Waals surface area (Å²) in [5.41, 5.74) is 9.83. The van der Waals surface area contributed by atoms with Gasteiger partial charge in [0.05, 0.1) is 6.21 Å². The van der Waals surface area contributed by atoms with Crippen LogP contribution in [0, 0.1) is 13.8 Å². The Kier molecular flexibility index (Phi) is 7.18. The smallest absolute Gasteiger partial charge is 0.256 e. The molecule has 0 fully saturated rings. The average Bonchev–Trinajstić information content (AvgIpc) is 3.22. The van der Waals surface area contributed by atoms with Crippen molar-refractivity contribution in [2.75, 3.05) is 10.7 Å². The molecule has 3 aromatic carbocycles. The van der Waals surface area contributed by atoms with E-state index in [1.165, 1.54) is 16.9 Å². The highest BCUT2D eigenvalue weighted by molar-refractivity contribution is 7.20. The molecule has 2 N–H and O–H groups in total. The second kappa shape index (κ2) is 10.4. The van der Waals surface area contributed by atoms with Crippen LogP contribution in [0.4, 0.5) is 10.1 Å². The average molecular weight is 469 g/mol. The van der Waals surface area contributed by atoms with Gasteiger partial charge < -0.3 is 5.32 Å². The molecule has 4 aromatic rings. The molecule has 0 saturated carbocycles. The van der Waals surface area contributed by atoms with Gasteiger partial charge in [-0.1, -0.05) is 97.0 Å². The number of hydrogen-bond donors (Lipinski definition) is 2. The minimum Gasteiger partial charge on any atom is -0.312 e. The first-order valence-corrected chi connectivity index (χ1v) is 12.1. The number of aromatic nitrogens is 1. The molecule has 0 bridgehead atoms. The highest BCUT2D eigenvalue weighted by Crippen LogP contribution is 2.36. The van der Waals surface area contributed by atoms with Crippen LogP contribution in [0.2, 0.25) is 0 Å². The Hall–Kier alpha value is -3.77. The standard InChI is InChI=1S/C28H28N4OS/c1-18(2)22-15-9-21(10-16-22)17-29-32-28-30-25(23-11-5-19(3)6-12-23)27(34-28)31-26(33)24-13-7-20(4)8-14-24/h5-18H,1-4H3,(H,30,32)(H,31,33)/b29-17+. The van der Waals surface area contributed by atoms with E-state index in [0.717, 1.165) is 22.3 Å². The van der Waals surface area contributed by atoms with Crippen molar-refractivity contribution in [3.8, 4) is 11.3 Å². The van der Waals surface area contributed by atoms with Gasteiger partial charge in [0, 0.05) is 11.1 Å². The summed E-state index contributed by atoms with van der Waals surface area (Å²) in [6.45, 7) is 8.39. The lowest BCUT2D eigenvalue weighted by Gasteiger charge is -2.06. The molecule has 0 aliphatic rings. The third-order valence-electron chi connectivity index (χ3n) is 5.47. The first-order valence-electron chi connectivity index (χ1n) is 11.2. The summed E-state index contributed by atoms with van der Waals surface area (Å²) in [7, 11) is 0. The van der Waals surface area contributed by atoms with Gasteiger partial charge in [0.15, 0.2) is 0 Å². The molecule has 5 nitrogen and oxygen atoms in total. The number of hydrazone groups is 1. The zero-order chi connectivity index (χ0) is 24.1. The summed E-state index contributed by atoms with van der Waals surface area (Å²) in [5.74, 6) is 0.325. The fourth-order valence-electron chi connectivity index (χ4n) is 3.37. The van der Waals surface area contributed by atoms with Gasteiger partial charge in [-0.05, 0) is 43.0 Å². The molecule has 6 heteroatoms. The highest BCUT2D eigenvalue weighted by atomic mass is 32.1. The van der Waals surface area contributed by atoms with Crippen molar-refractivity contribution in [3.63, 3.8) is 0 Å². The maximum Gasteiger partial charge on any atom is 0.256 e. The Bertz CT molecular complexity index is 1290. The second-order valence-corrected chi connectivity index (χ2v) is 9.57. The molecule has 0 atom stereocenters. The van der Waals surface area contributed by atoms with Crippen LogP contribution in [0.3, 0.4) is 0 Å². The number of hydrogen-bond acceptors (Lipinski definition) is 5. The van der Waals surface area contributed by atoms with Crippen molar-refractivity contribution in [3.05, 3.63) is 101 Å². The van der Waals surface area contributed by atoms with Crippen LogP contribution >= 0.6 is 11.3 Å². The summed E-state index contributed by atoms with van der Waals surface area (Å²) in [6.07, 6.45) is 1.77. The van der Waals surface area contributed by atoms with E-state index < -0.39 is 0 Å². The van der Waals surface area contributed by atoms with Crippen LogP contribution in [0.15, 0.2) is 77.9 Å². The fraction of sp³-hybridized carbons (Fsp3) is 0.179. The first-order chi connectivity index (χ1) is 16.4. The lowest BCUT2D eigenvalue weighted by atomic mass is 10.0. The number of benzene rings is 3. The van der Waals surface area contributed by atoms with Crippen molar-refractivity contribution < 1.29 is 4.79 Å². The number of rotatable bonds is 7. The van der Waals surface area contributed by atoms with E-state index in [-0.39, 0.29) is 5.91 Å². The number of aryl methyl sites for hydroxylation is 2. The van der Waals surface area contributed by atoms with Gasteiger partial charge in [0.1, 0.15) is 10.7 Å². The number of anilines is 2. The third kappa shape index (κ3) is 5.77.